The highest BCUT2D eigenvalue weighted by atomic mass is 35.5. The highest BCUT2D eigenvalue weighted by Gasteiger charge is 2.21. The Kier molecular flexibility index (Phi) is 5.79. The monoisotopic (exact) mass is 408 g/mol. The van der Waals surface area contributed by atoms with Crippen LogP contribution in [0.4, 0.5) is 11.4 Å². The smallest absolute Gasteiger partial charge is 0.285 e. The van der Waals surface area contributed by atoms with Crippen LogP contribution in [0.25, 0.3) is 6.08 Å². The summed E-state index contributed by atoms with van der Waals surface area (Å²) in [4.78, 5) is 16.6. The third kappa shape index (κ3) is 4.06. The van der Waals surface area contributed by atoms with E-state index < -0.39 is 0 Å². The Balaban J connectivity index is 1.96. The molecule has 3 nitrogen and oxygen atoms in total. The lowest BCUT2D eigenvalue weighted by atomic mass is 10.1. The summed E-state index contributed by atoms with van der Waals surface area (Å²) >= 11 is 15.5. The molecule has 0 atom stereocenters. The Bertz CT molecular complexity index is 910. The number of para-hydroxylation sites is 1. The Labute approximate surface area is 164 Å². The fourth-order valence-electron chi connectivity index (χ4n) is 2.26. The topological polar surface area (TPSA) is 41.5 Å². The van der Waals surface area contributed by atoms with Crippen LogP contribution in [-0.4, -0.2) is 16.5 Å². The summed E-state index contributed by atoms with van der Waals surface area (Å²) in [6, 6.07) is 11.4. The third-order valence-corrected chi connectivity index (χ3v) is 6.34. The predicted molar refractivity (Wildman–Crippen MR) is 112 cm³/mol. The van der Waals surface area contributed by atoms with Crippen molar-refractivity contribution in [2.24, 2.45) is 4.99 Å². The lowest BCUT2D eigenvalue weighted by Gasteiger charge is -2.14. The number of thioether (sulfide) groups is 2. The number of hydrogen-bond acceptors (Lipinski definition) is 4. The van der Waals surface area contributed by atoms with E-state index in [1.165, 1.54) is 23.5 Å². The van der Waals surface area contributed by atoms with Crippen molar-refractivity contribution in [1.82, 2.24) is 0 Å². The molecule has 2 aromatic rings. The SMILES string of the molecule is CSC1=NC(=O)/C(=C/c2ccccc2Nc2c(Cl)ccc(C)c2Cl)S1. The molecule has 1 amide bonds. The van der Waals surface area contributed by atoms with E-state index in [2.05, 4.69) is 10.3 Å². The zero-order valence-corrected chi connectivity index (χ0v) is 16.6. The van der Waals surface area contributed by atoms with E-state index in [-0.39, 0.29) is 5.91 Å². The number of hydrogen-bond donors (Lipinski definition) is 1. The summed E-state index contributed by atoms with van der Waals surface area (Å²) in [7, 11) is 0. The van der Waals surface area contributed by atoms with Gasteiger partial charge in [0.2, 0.25) is 0 Å². The fraction of sp³-hybridized carbons (Fsp3) is 0.111. The van der Waals surface area contributed by atoms with Gasteiger partial charge in [0.25, 0.3) is 5.91 Å². The molecule has 3 rings (SSSR count). The molecule has 0 fully saturated rings. The molecule has 1 heterocycles. The van der Waals surface area contributed by atoms with Crippen LogP contribution in [0.3, 0.4) is 0 Å². The zero-order chi connectivity index (χ0) is 18.0. The number of nitrogens with one attached hydrogen (secondary N) is 1. The molecule has 0 aliphatic carbocycles. The van der Waals surface area contributed by atoms with Gasteiger partial charge in [0.15, 0.2) is 0 Å². The van der Waals surface area contributed by atoms with Crippen LogP contribution in [0.1, 0.15) is 11.1 Å². The van der Waals surface area contributed by atoms with Gasteiger partial charge in [0, 0.05) is 5.69 Å². The number of amides is 1. The number of halogens is 2. The molecule has 128 valence electrons. The van der Waals surface area contributed by atoms with E-state index in [0.29, 0.717) is 20.6 Å². The number of aliphatic imine (C=N–C) groups is 1. The van der Waals surface area contributed by atoms with Crippen molar-refractivity contribution in [2.75, 3.05) is 11.6 Å². The third-order valence-electron chi connectivity index (χ3n) is 3.57. The average Bonchev–Trinajstić information content (AvgIpc) is 2.96. The number of nitrogens with zero attached hydrogens (tertiary/aromatic N) is 1. The number of carbonyl (C=O) groups is 1. The highest BCUT2D eigenvalue weighted by molar-refractivity contribution is 8.40. The largest absolute Gasteiger partial charge is 0.353 e. The predicted octanol–water partition coefficient (Wildman–Crippen LogP) is 6.38. The molecule has 0 bridgehead atoms. The van der Waals surface area contributed by atoms with Crippen molar-refractivity contribution < 1.29 is 4.79 Å². The van der Waals surface area contributed by atoms with E-state index in [1.54, 1.807) is 6.07 Å². The molecule has 0 radical (unpaired) electrons. The minimum Gasteiger partial charge on any atom is -0.353 e. The van der Waals surface area contributed by atoms with Gasteiger partial charge >= 0.3 is 0 Å². The standard InChI is InChI=1S/C18H14Cl2N2OS2/c1-10-7-8-12(19)16(15(10)20)21-13-6-4-3-5-11(13)9-14-17(23)22-18(24-2)25-14/h3-9,21H,1-2H3/b14-9-. The number of aryl methyl sites for hydroxylation is 1. The van der Waals surface area contributed by atoms with Gasteiger partial charge in [-0.05, 0) is 42.5 Å². The van der Waals surface area contributed by atoms with Crippen molar-refractivity contribution in [3.05, 3.63) is 62.5 Å². The van der Waals surface area contributed by atoms with Gasteiger partial charge in [-0.2, -0.15) is 4.99 Å². The number of anilines is 2. The second kappa shape index (κ2) is 7.87. The maximum atomic E-state index is 12.0. The van der Waals surface area contributed by atoms with Crippen LogP contribution >= 0.6 is 46.7 Å². The summed E-state index contributed by atoms with van der Waals surface area (Å²) in [5.74, 6) is -0.212. The number of carbonyl (C=O) groups excluding carboxylic acids is 1. The highest BCUT2D eigenvalue weighted by Crippen LogP contribution is 2.38. The van der Waals surface area contributed by atoms with E-state index in [4.69, 9.17) is 23.2 Å². The van der Waals surface area contributed by atoms with Gasteiger partial charge in [-0.25, -0.2) is 0 Å². The first kappa shape index (κ1) is 18.4. The molecular weight excluding hydrogens is 395 g/mol. The molecule has 0 unspecified atom stereocenters. The second-order valence-corrected chi connectivity index (χ2v) is 8.13. The fourth-order valence-corrected chi connectivity index (χ4v) is 4.14. The first-order chi connectivity index (χ1) is 12.0. The molecule has 2 aromatic carbocycles. The molecule has 25 heavy (non-hydrogen) atoms. The molecule has 0 saturated carbocycles. The second-order valence-electron chi connectivity index (χ2n) is 5.26. The summed E-state index contributed by atoms with van der Waals surface area (Å²) in [5.41, 5.74) is 3.27. The Hall–Kier alpha value is -1.40. The molecule has 1 aliphatic rings. The van der Waals surface area contributed by atoms with Gasteiger partial charge in [0.1, 0.15) is 4.38 Å². The molecule has 0 saturated heterocycles. The minimum absolute atomic E-state index is 0.212. The van der Waals surface area contributed by atoms with E-state index in [1.807, 2.05) is 49.6 Å². The first-order valence-electron chi connectivity index (χ1n) is 7.37. The zero-order valence-electron chi connectivity index (χ0n) is 13.5. The van der Waals surface area contributed by atoms with Crippen LogP contribution < -0.4 is 5.32 Å². The van der Waals surface area contributed by atoms with E-state index >= 15 is 0 Å². The lowest BCUT2D eigenvalue weighted by molar-refractivity contribution is -0.113. The first-order valence-corrected chi connectivity index (χ1v) is 10.2. The molecular formula is C18H14Cl2N2OS2. The quantitative estimate of drug-likeness (QED) is 0.598. The van der Waals surface area contributed by atoms with Crippen molar-refractivity contribution in [2.45, 2.75) is 6.92 Å². The molecule has 1 N–H and O–H groups in total. The maximum Gasteiger partial charge on any atom is 0.285 e. The number of benzene rings is 2. The minimum atomic E-state index is -0.212. The number of rotatable bonds is 3. The van der Waals surface area contributed by atoms with Crippen molar-refractivity contribution in [3.63, 3.8) is 0 Å². The van der Waals surface area contributed by atoms with Crippen molar-refractivity contribution in [1.29, 1.82) is 0 Å². The molecule has 0 aromatic heterocycles. The van der Waals surface area contributed by atoms with Crippen molar-refractivity contribution >= 4 is 74.5 Å². The Morgan fingerprint density at radius 2 is 1.96 bits per heavy atom. The maximum absolute atomic E-state index is 12.0. The van der Waals surface area contributed by atoms with Crippen LogP contribution in [0.2, 0.25) is 10.0 Å². The van der Waals surface area contributed by atoms with E-state index in [9.17, 15) is 4.79 Å². The Morgan fingerprint density at radius 3 is 2.68 bits per heavy atom. The molecule has 7 heteroatoms. The summed E-state index contributed by atoms with van der Waals surface area (Å²) in [6.45, 7) is 1.92. The van der Waals surface area contributed by atoms with E-state index in [0.717, 1.165) is 21.2 Å². The van der Waals surface area contributed by atoms with Crippen molar-refractivity contribution in [3.8, 4) is 0 Å². The van der Waals surface area contributed by atoms with Crippen LogP contribution in [0, 0.1) is 6.92 Å². The summed E-state index contributed by atoms with van der Waals surface area (Å²) < 4.78 is 0.756. The van der Waals surface area contributed by atoms with Gasteiger partial charge in [0.05, 0.1) is 20.6 Å². The van der Waals surface area contributed by atoms with Crippen LogP contribution in [0.5, 0.6) is 0 Å². The van der Waals surface area contributed by atoms with Crippen LogP contribution in [0.15, 0.2) is 46.3 Å². The summed E-state index contributed by atoms with van der Waals surface area (Å²) in [6.07, 6.45) is 3.74. The molecule has 1 aliphatic heterocycles. The normalized spacial score (nSPS) is 15.6. The lowest BCUT2D eigenvalue weighted by Crippen LogP contribution is -1.97. The van der Waals surface area contributed by atoms with Gasteiger partial charge in [-0.1, -0.05) is 59.2 Å². The van der Waals surface area contributed by atoms with Gasteiger partial charge in [-0.3, -0.25) is 4.79 Å². The average molecular weight is 409 g/mol. The van der Waals surface area contributed by atoms with Crippen LogP contribution in [-0.2, 0) is 4.79 Å². The van der Waals surface area contributed by atoms with Gasteiger partial charge in [-0.15, -0.1) is 11.8 Å². The van der Waals surface area contributed by atoms with Gasteiger partial charge < -0.3 is 5.32 Å². The Morgan fingerprint density at radius 1 is 1.20 bits per heavy atom. The molecule has 0 spiro atoms. The summed E-state index contributed by atoms with van der Waals surface area (Å²) in [5, 5.41) is 4.41.